The highest BCUT2D eigenvalue weighted by Gasteiger charge is 2.49. The molecule has 5 rings (SSSR count). The van der Waals surface area contributed by atoms with Crippen LogP contribution in [0, 0.1) is 0 Å². The van der Waals surface area contributed by atoms with E-state index in [4.69, 9.17) is 24.9 Å². The van der Waals surface area contributed by atoms with Crippen molar-refractivity contribution in [2.24, 2.45) is 4.99 Å². The summed E-state index contributed by atoms with van der Waals surface area (Å²) in [5.74, 6) is 1.42. The van der Waals surface area contributed by atoms with E-state index in [9.17, 15) is 9.59 Å². The molecule has 2 N–H and O–H groups in total. The van der Waals surface area contributed by atoms with Gasteiger partial charge in [-0.05, 0) is 48.1 Å². The van der Waals surface area contributed by atoms with E-state index < -0.39 is 23.3 Å². The van der Waals surface area contributed by atoms with Crippen molar-refractivity contribution in [2.75, 3.05) is 13.2 Å². The van der Waals surface area contributed by atoms with Crippen molar-refractivity contribution in [1.82, 2.24) is 30.5 Å². The molecule has 1 fully saturated rings. The fourth-order valence-corrected chi connectivity index (χ4v) is 5.67. The predicted molar refractivity (Wildman–Crippen MR) is 161 cm³/mol. The normalized spacial score (nSPS) is 16.4. The van der Waals surface area contributed by atoms with Gasteiger partial charge in [0.15, 0.2) is 0 Å². The van der Waals surface area contributed by atoms with Gasteiger partial charge in [0, 0.05) is 18.4 Å². The molecule has 45 heavy (non-hydrogen) atoms. The zero-order chi connectivity index (χ0) is 31.8. The summed E-state index contributed by atoms with van der Waals surface area (Å²) in [4.78, 5) is 38.0. The SMILES string of the molecule is CCCCC1=NC2(CCCC2)C(=O)N1Cc1ccc(-c2ccccc2-c2nnn(C(C)OC(=O)OCCCON(O)O)n2)cc1. The number of carbonyl (C=O) groups is 2. The minimum absolute atomic E-state index is 0.0513. The highest BCUT2D eigenvalue weighted by molar-refractivity contribution is 6.08. The number of benzene rings is 2. The summed E-state index contributed by atoms with van der Waals surface area (Å²) in [6.45, 7) is 4.11. The van der Waals surface area contributed by atoms with E-state index in [1.807, 2.05) is 53.4 Å². The maximum absolute atomic E-state index is 13.5. The first kappa shape index (κ1) is 32.2. The van der Waals surface area contributed by atoms with Crippen LogP contribution in [0.15, 0.2) is 53.5 Å². The molecule has 240 valence electrons. The molecule has 2 aromatic carbocycles. The first-order chi connectivity index (χ1) is 21.8. The molecule has 1 aromatic heterocycles. The number of unbranched alkanes of at least 4 members (excludes halogenated alkanes) is 1. The van der Waals surface area contributed by atoms with Crippen LogP contribution in [0.3, 0.4) is 0 Å². The van der Waals surface area contributed by atoms with Crippen molar-refractivity contribution >= 4 is 17.9 Å². The Kier molecular flexibility index (Phi) is 10.5. The highest BCUT2D eigenvalue weighted by atomic mass is 17.1. The van der Waals surface area contributed by atoms with Gasteiger partial charge in [0.2, 0.25) is 12.1 Å². The van der Waals surface area contributed by atoms with E-state index in [2.05, 4.69) is 27.2 Å². The van der Waals surface area contributed by atoms with Crippen LogP contribution in [0.4, 0.5) is 4.79 Å². The molecular formula is C31H39N7O7. The molecule has 1 atom stereocenters. The monoisotopic (exact) mass is 621 g/mol. The molecule has 1 amide bonds. The van der Waals surface area contributed by atoms with E-state index in [1.54, 1.807) is 6.92 Å². The average molecular weight is 622 g/mol. The number of aliphatic imine (C=N–C) groups is 1. The van der Waals surface area contributed by atoms with Crippen LogP contribution in [0.2, 0.25) is 0 Å². The number of tetrazole rings is 1. The van der Waals surface area contributed by atoms with Gasteiger partial charge < -0.3 is 9.47 Å². The number of aromatic nitrogens is 4. The topological polar surface area (TPSA) is 165 Å². The average Bonchev–Trinajstić information content (AvgIpc) is 3.78. The summed E-state index contributed by atoms with van der Waals surface area (Å²) in [5.41, 5.74) is 3.08. The molecule has 2 aliphatic rings. The third kappa shape index (κ3) is 7.71. The Morgan fingerprint density at radius 3 is 2.49 bits per heavy atom. The van der Waals surface area contributed by atoms with Crippen LogP contribution in [0.5, 0.6) is 0 Å². The van der Waals surface area contributed by atoms with Crippen molar-refractivity contribution in [3.63, 3.8) is 0 Å². The molecule has 1 aliphatic heterocycles. The second-order valence-corrected chi connectivity index (χ2v) is 11.2. The molecular weight excluding hydrogens is 582 g/mol. The summed E-state index contributed by atoms with van der Waals surface area (Å²) < 4.78 is 10.2. The van der Waals surface area contributed by atoms with E-state index in [0.717, 1.165) is 73.0 Å². The number of nitrogens with zero attached hydrogens (tertiary/aromatic N) is 7. The van der Waals surface area contributed by atoms with Crippen LogP contribution in [-0.2, 0) is 25.7 Å². The van der Waals surface area contributed by atoms with E-state index >= 15 is 0 Å². The van der Waals surface area contributed by atoms with Gasteiger partial charge in [0.05, 0.1) is 25.1 Å². The van der Waals surface area contributed by atoms with Gasteiger partial charge in [0.1, 0.15) is 11.4 Å². The van der Waals surface area contributed by atoms with Crippen LogP contribution >= 0.6 is 0 Å². The first-order valence-electron chi connectivity index (χ1n) is 15.3. The molecule has 1 saturated carbocycles. The van der Waals surface area contributed by atoms with Crippen molar-refractivity contribution in [1.29, 1.82) is 0 Å². The number of rotatable bonds is 14. The first-order valence-corrected chi connectivity index (χ1v) is 15.3. The van der Waals surface area contributed by atoms with Crippen molar-refractivity contribution < 1.29 is 34.3 Å². The largest absolute Gasteiger partial charge is 0.510 e. The molecule has 0 radical (unpaired) electrons. The molecule has 0 bridgehead atoms. The van der Waals surface area contributed by atoms with Gasteiger partial charge in [-0.1, -0.05) is 74.7 Å². The van der Waals surface area contributed by atoms with Crippen LogP contribution in [0.1, 0.15) is 77.0 Å². The van der Waals surface area contributed by atoms with Gasteiger partial charge in [-0.25, -0.2) is 4.79 Å². The number of hydrogen-bond acceptors (Lipinski definition) is 12. The second-order valence-electron chi connectivity index (χ2n) is 11.2. The predicted octanol–water partition coefficient (Wildman–Crippen LogP) is 5.32. The third-order valence-electron chi connectivity index (χ3n) is 7.99. The minimum Gasteiger partial charge on any atom is -0.434 e. The molecule has 14 heteroatoms. The zero-order valence-electron chi connectivity index (χ0n) is 25.5. The van der Waals surface area contributed by atoms with Gasteiger partial charge in [-0.2, -0.15) is 0 Å². The zero-order valence-corrected chi connectivity index (χ0v) is 25.5. The van der Waals surface area contributed by atoms with Crippen LogP contribution in [0.25, 0.3) is 22.5 Å². The molecule has 1 spiro atoms. The second kappa shape index (κ2) is 14.7. The lowest BCUT2D eigenvalue weighted by Crippen LogP contribution is -2.40. The Bertz CT molecular complexity index is 1490. The lowest BCUT2D eigenvalue weighted by atomic mass is 9.97. The van der Waals surface area contributed by atoms with E-state index in [-0.39, 0.29) is 25.5 Å². The number of ether oxygens (including phenoxy) is 2. The fourth-order valence-electron chi connectivity index (χ4n) is 5.67. The quantitative estimate of drug-likeness (QED) is 0.136. The number of hydrogen-bond donors (Lipinski definition) is 2. The van der Waals surface area contributed by atoms with Gasteiger partial charge in [-0.3, -0.25) is 29.9 Å². The van der Waals surface area contributed by atoms with Gasteiger partial charge in [0.25, 0.3) is 5.91 Å². The molecule has 0 saturated heterocycles. The Morgan fingerprint density at radius 2 is 1.78 bits per heavy atom. The Labute approximate surface area is 261 Å². The summed E-state index contributed by atoms with van der Waals surface area (Å²) in [6.07, 6.45) is 5.05. The summed E-state index contributed by atoms with van der Waals surface area (Å²) in [7, 11) is 0. The smallest absolute Gasteiger partial charge is 0.434 e. The minimum atomic E-state index is -0.940. The van der Waals surface area contributed by atoms with Gasteiger partial charge >= 0.3 is 6.16 Å². The van der Waals surface area contributed by atoms with E-state index in [0.29, 0.717) is 12.4 Å². The van der Waals surface area contributed by atoms with Crippen molar-refractivity contribution in [3.05, 3.63) is 54.1 Å². The molecule has 1 aliphatic carbocycles. The molecule has 2 heterocycles. The van der Waals surface area contributed by atoms with E-state index in [1.165, 1.54) is 4.80 Å². The lowest BCUT2D eigenvalue weighted by Gasteiger charge is -2.23. The Hall–Kier alpha value is -4.24. The maximum Gasteiger partial charge on any atom is 0.510 e. The van der Waals surface area contributed by atoms with Crippen LogP contribution < -0.4 is 0 Å². The summed E-state index contributed by atoms with van der Waals surface area (Å²) >= 11 is 0. The highest BCUT2D eigenvalue weighted by Crippen LogP contribution is 2.40. The Balaban J connectivity index is 1.24. The standard InChI is InChI=1S/C31H39N7O7/c1-3-4-12-27-32-31(17-7-8-18-31)29(39)36(27)21-23-13-15-24(16-14-23)25-10-5-6-11-26(25)28-33-35-37(34-28)22(2)45-30(40)43-19-9-20-44-38(41)42/h5-6,10-11,13-16,22,41-42H,3-4,7-9,12,17-21H2,1-2H3. The summed E-state index contributed by atoms with van der Waals surface area (Å²) in [6, 6.07) is 15.8. The number of carbonyl (C=O) groups excluding carboxylic acids is 2. The number of amidine groups is 1. The number of amides is 1. The maximum atomic E-state index is 13.5. The molecule has 1 unspecified atom stereocenters. The van der Waals surface area contributed by atoms with Crippen molar-refractivity contribution in [3.8, 4) is 22.5 Å². The lowest BCUT2D eigenvalue weighted by molar-refractivity contribution is -0.492. The van der Waals surface area contributed by atoms with Gasteiger partial charge in [-0.15, -0.1) is 15.0 Å². The fraction of sp³-hybridized carbons (Fsp3) is 0.484. The van der Waals surface area contributed by atoms with Crippen LogP contribution in [-0.4, -0.2) is 77.6 Å². The Morgan fingerprint density at radius 1 is 1.04 bits per heavy atom. The third-order valence-corrected chi connectivity index (χ3v) is 7.99. The molecule has 14 nitrogen and oxygen atoms in total. The summed E-state index contributed by atoms with van der Waals surface area (Å²) in [5, 5.41) is 29.3. The van der Waals surface area contributed by atoms with Crippen molar-refractivity contribution in [2.45, 2.75) is 83.5 Å². The molecule has 3 aromatic rings.